The molecule has 1 aromatic carbocycles. The van der Waals surface area contributed by atoms with Crippen LogP contribution in [0.3, 0.4) is 0 Å². The molecule has 9 heteroatoms. The van der Waals surface area contributed by atoms with Crippen molar-refractivity contribution in [2.45, 2.75) is 4.90 Å². The van der Waals surface area contributed by atoms with Crippen LogP contribution in [0, 0.1) is 0 Å². The van der Waals surface area contributed by atoms with Gasteiger partial charge in [-0.05, 0) is 18.2 Å². The average molecular weight is 271 g/mol. The molecule has 1 rings (SSSR count). The molecule has 0 aliphatic carbocycles. The summed E-state index contributed by atoms with van der Waals surface area (Å²) in [6, 6.07) is 4.02. The lowest BCUT2D eigenvalue weighted by atomic mass is 10.3. The molecule has 0 bridgehead atoms. The van der Waals surface area contributed by atoms with Crippen LogP contribution in [0.25, 0.3) is 0 Å². The molecule has 0 fully saturated rings. The number of aliphatic imine (C=N–C) groups is 2. The fourth-order valence-electron chi connectivity index (χ4n) is 1.18. The molecule has 0 spiro atoms. The Labute approximate surface area is 104 Å². The normalized spacial score (nSPS) is 12.9. The lowest BCUT2D eigenvalue weighted by Gasteiger charge is -2.08. The third kappa shape index (κ3) is 3.43. The van der Waals surface area contributed by atoms with Gasteiger partial charge in [0.1, 0.15) is 4.90 Å². The number of anilines is 2. The fourth-order valence-corrected chi connectivity index (χ4v) is 1.82. The zero-order valence-electron chi connectivity index (χ0n) is 9.53. The molecule has 0 saturated heterocycles. The van der Waals surface area contributed by atoms with E-state index in [0.29, 0.717) is 5.69 Å². The first-order chi connectivity index (χ1) is 8.38. The van der Waals surface area contributed by atoms with Crippen molar-refractivity contribution in [2.24, 2.45) is 15.7 Å². The average Bonchev–Trinajstić information content (AvgIpc) is 2.29. The third-order valence-corrected chi connectivity index (χ3v) is 2.87. The maximum absolute atomic E-state index is 11.1. The molecule has 0 amide bonds. The lowest BCUT2D eigenvalue weighted by molar-refractivity contribution is 0.483. The molecule has 0 saturated carbocycles. The van der Waals surface area contributed by atoms with Crippen molar-refractivity contribution in [1.29, 1.82) is 0 Å². The predicted octanol–water partition coefficient (Wildman–Crippen LogP) is -0.0998. The highest BCUT2D eigenvalue weighted by atomic mass is 32.2. The van der Waals surface area contributed by atoms with E-state index in [9.17, 15) is 8.42 Å². The van der Waals surface area contributed by atoms with Crippen LogP contribution in [0.4, 0.5) is 11.4 Å². The molecule has 0 radical (unpaired) electrons. The summed E-state index contributed by atoms with van der Waals surface area (Å²) in [4.78, 5) is 7.08. The predicted molar refractivity (Wildman–Crippen MR) is 70.3 cm³/mol. The van der Waals surface area contributed by atoms with E-state index in [4.69, 9.17) is 16.0 Å². The first kappa shape index (κ1) is 13.9. The Hall–Kier alpha value is -2.13. The van der Waals surface area contributed by atoms with Crippen molar-refractivity contribution in [3.05, 3.63) is 18.2 Å². The monoisotopic (exact) mass is 271 g/mol. The van der Waals surface area contributed by atoms with E-state index < -0.39 is 10.1 Å². The maximum Gasteiger partial charge on any atom is 0.296 e. The third-order valence-electron chi connectivity index (χ3n) is 1.96. The highest BCUT2D eigenvalue weighted by Gasteiger charge is 2.14. The summed E-state index contributed by atoms with van der Waals surface area (Å²) in [6.45, 7) is 0. The molecule has 98 valence electrons. The number of nitrogens with one attached hydrogen (secondary N) is 1. The highest BCUT2D eigenvalue weighted by Crippen LogP contribution is 2.22. The molecular formula is C9H13N5O3S. The number of hydrogen-bond acceptors (Lipinski definition) is 4. The Morgan fingerprint density at radius 3 is 2.67 bits per heavy atom. The number of nitrogens with zero attached hydrogens (tertiary/aromatic N) is 2. The molecular weight excluding hydrogens is 258 g/mol. The van der Waals surface area contributed by atoms with Gasteiger partial charge in [0, 0.05) is 12.7 Å². The molecule has 0 unspecified atom stereocenters. The fraction of sp³-hybridized carbons (Fsp3) is 0.111. The molecule has 0 aliphatic rings. The maximum atomic E-state index is 11.1. The summed E-state index contributed by atoms with van der Waals surface area (Å²) in [5.74, 6) is 0.184. The topological polar surface area (TPSA) is 143 Å². The van der Waals surface area contributed by atoms with Crippen molar-refractivity contribution in [1.82, 2.24) is 0 Å². The van der Waals surface area contributed by atoms with E-state index in [0.717, 1.165) is 6.34 Å². The minimum atomic E-state index is -4.38. The van der Waals surface area contributed by atoms with E-state index in [1.807, 2.05) is 0 Å². The van der Waals surface area contributed by atoms with Crippen LogP contribution < -0.4 is 16.8 Å². The van der Waals surface area contributed by atoms with Crippen molar-refractivity contribution in [2.75, 3.05) is 18.1 Å². The number of hydrogen-bond donors (Lipinski definition) is 4. The number of guanidine groups is 1. The summed E-state index contributed by atoms with van der Waals surface area (Å²) in [5.41, 5.74) is 10.9. The summed E-state index contributed by atoms with van der Waals surface area (Å²) in [7, 11) is -2.90. The van der Waals surface area contributed by atoms with Gasteiger partial charge in [0.05, 0.1) is 12.0 Å². The molecule has 0 heterocycles. The van der Waals surface area contributed by atoms with Crippen molar-refractivity contribution >= 4 is 33.8 Å². The first-order valence-corrected chi connectivity index (χ1v) is 6.17. The van der Waals surface area contributed by atoms with Crippen LogP contribution in [0.1, 0.15) is 0 Å². The van der Waals surface area contributed by atoms with Gasteiger partial charge in [-0.1, -0.05) is 0 Å². The minimum absolute atomic E-state index is 0.0552. The summed E-state index contributed by atoms with van der Waals surface area (Å²) in [6.07, 6.45) is 1.04. The lowest BCUT2D eigenvalue weighted by Crippen LogP contribution is -2.12. The van der Waals surface area contributed by atoms with Crippen LogP contribution in [0.5, 0.6) is 0 Å². The van der Waals surface area contributed by atoms with Gasteiger partial charge < -0.3 is 16.8 Å². The first-order valence-electron chi connectivity index (χ1n) is 4.73. The van der Waals surface area contributed by atoms with Gasteiger partial charge in [0.15, 0.2) is 0 Å². The molecule has 0 atom stereocenters. The van der Waals surface area contributed by atoms with Gasteiger partial charge in [0.25, 0.3) is 10.1 Å². The van der Waals surface area contributed by atoms with Crippen molar-refractivity contribution in [3.63, 3.8) is 0 Å². The van der Waals surface area contributed by atoms with E-state index in [1.165, 1.54) is 25.2 Å². The zero-order valence-corrected chi connectivity index (χ0v) is 10.3. The van der Waals surface area contributed by atoms with Crippen LogP contribution in [0.15, 0.2) is 33.1 Å². The Morgan fingerprint density at radius 2 is 2.17 bits per heavy atom. The smallest absolute Gasteiger partial charge is 0.296 e. The van der Waals surface area contributed by atoms with E-state index >= 15 is 0 Å². The van der Waals surface area contributed by atoms with Crippen LogP contribution in [-0.2, 0) is 10.1 Å². The Kier molecular flexibility index (Phi) is 4.23. The standard InChI is InChI=1S/C9H13N5O3S/c1-12-9(13-5-10)14-6-2-3-7(11)8(4-6)18(15,16)17/h2-5H,11H2,1H3,(H,15,16,17)(H3,10,12,13,14). The zero-order chi connectivity index (χ0) is 13.8. The highest BCUT2D eigenvalue weighted by molar-refractivity contribution is 7.86. The number of nitrogens with two attached hydrogens (primary N) is 2. The second-order valence-electron chi connectivity index (χ2n) is 3.18. The summed E-state index contributed by atoms with van der Waals surface area (Å²) < 4.78 is 31.1. The van der Waals surface area contributed by atoms with Gasteiger partial charge in [-0.2, -0.15) is 8.42 Å². The van der Waals surface area contributed by atoms with Crippen molar-refractivity contribution < 1.29 is 13.0 Å². The second kappa shape index (κ2) is 5.47. The van der Waals surface area contributed by atoms with Crippen molar-refractivity contribution in [3.8, 4) is 0 Å². The minimum Gasteiger partial charge on any atom is -0.398 e. The van der Waals surface area contributed by atoms with Gasteiger partial charge in [-0.15, -0.1) is 0 Å². The number of benzene rings is 1. The quantitative estimate of drug-likeness (QED) is 0.256. The Morgan fingerprint density at radius 1 is 1.50 bits per heavy atom. The number of rotatable bonds is 2. The van der Waals surface area contributed by atoms with Crippen LogP contribution >= 0.6 is 0 Å². The second-order valence-corrected chi connectivity index (χ2v) is 4.57. The molecule has 1 aromatic rings. The van der Waals surface area contributed by atoms with Gasteiger partial charge in [-0.25, -0.2) is 4.99 Å². The molecule has 18 heavy (non-hydrogen) atoms. The van der Waals surface area contributed by atoms with Gasteiger partial charge in [-0.3, -0.25) is 9.55 Å². The van der Waals surface area contributed by atoms with Crippen LogP contribution in [0.2, 0.25) is 0 Å². The largest absolute Gasteiger partial charge is 0.398 e. The molecule has 6 N–H and O–H groups in total. The van der Waals surface area contributed by atoms with Gasteiger partial charge in [0.2, 0.25) is 5.96 Å². The molecule has 0 aliphatic heterocycles. The van der Waals surface area contributed by atoms with E-state index in [2.05, 4.69) is 15.3 Å². The number of nitrogen functional groups attached to an aromatic ring is 1. The van der Waals surface area contributed by atoms with Gasteiger partial charge >= 0.3 is 0 Å². The summed E-state index contributed by atoms with van der Waals surface area (Å²) in [5, 5.41) is 2.71. The van der Waals surface area contributed by atoms with E-state index in [1.54, 1.807) is 0 Å². The molecule has 0 aromatic heterocycles. The SMILES string of the molecule is CN=C(/N=C\N)Nc1ccc(N)c(S(=O)(=O)O)c1. The Bertz CT molecular complexity index is 594. The van der Waals surface area contributed by atoms with Crippen LogP contribution in [-0.4, -0.2) is 32.3 Å². The Balaban J connectivity index is 3.14. The van der Waals surface area contributed by atoms with E-state index in [-0.39, 0.29) is 16.5 Å². The molecule has 8 nitrogen and oxygen atoms in total. The summed E-state index contributed by atoms with van der Waals surface area (Å²) >= 11 is 0.